The third-order valence-corrected chi connectivity index (χ3v) is 4.43. The first kappa shape index (κ1) is 12.6. The van der Waals surface area contributed by atoms with Gasteiger partial charge in [-0.1, -0.05) is 82.2 Å². The summed E-state index contributed by atoms with van der Waals surface area (Å²) in [6.45, 7) is 6.52. The molecule has 88 valence electrons. The SMILES string of the molecule is Cc1ccc(C(C)(I)c2ccc(C)cc2)cc1. The highest BCUT2D eigenvalue weighted by Gasteiger charge is 2.24. The van der Waals surface area contributed by atoms with Crippen LogP contribution in [0.1, 0.15) is 29.2 Å². The van der Waals surface area contributed by atoms with Gasteiger partial charge >= 0.3 is 0 Å². The number of aryl methyl sites for hydroxylation is 2. The molecule has 0 amide bonds. The van der Waals surface area contributed by atoms with Gasteiger partial charge in [0.2, 0.25) is 0 Å². The second-order valence-corrected chi connectivity index (χ2v) is 6.89. The van der Waals surface area contributed by atoms with Crippen molar-refractivity contribution in [2.45, 2.75) is 24.2 Å². The number of rotatable bonds is 2. The summed E-state index contributed by atoms with van der Waals surface area (Å²) in [6, 6.07) is 17.6. The third kappa shape index (κ3) is 2.71. The van der Waals surface area contributed by atoms with E-state index in [-0.39, 0.29) is 3.42 Å². The number of halogens is 1. The summed E-state index contributed by atoms with van der Waals surface area (Å²) >= 11 is 2.53. The molecule has 0 atom stereocenters. The van der Waals surface area contributed by atoms with E-state index in [0.29, 0.717) is 0 Å². The summed E-state index contributed by atoms with van der Waals surface area (Å²) in [6.07, 6.45) is 0. The van der Waals surface area contributed by atoms with E-state index in [2.05, 4.69) is 91.9 Å². The summed E-state index contributed by atoms with van der Waals surface area (Å²) in [5, 5.41) is 0. The highest BCUT2D eigenvalue weighted by Crippen LogP contribution is 2.38. The molecule has 0 unspecified atom stereocenters. The van der Waals surface area contributed by atoms with E-state index in [1.54, 1.807) is 0 Å². The molecule has 0 bridgehead atoms. The van der Waals surface area contributed by atoms with Gasteiger partial charge in [0.25, 0.3) is 0 Å². The smallest absolute Gasteiger partial charge is 0.0687 e. The van der Waals surface area contributed by atoms with Crippen LogP contribution in [0.3, 0.4) is 0 Å². The van der Waals surface area contributed by atoms with Crippen LogP contribution in [-0.2, 0) is 3.42 Å². The van der Waals surface area contributed by atoms with Crippen LogP contribution in [0.25, 0.3) is 0 Å². The maximum atomic E-state index is 2.53. The molecule has 0 aliphatic carbocycles. The van der Waals surface area contributed by atoms with E-state index in [4.69, 9.17) is 0 Å². The van der Waals surface area contributed by atoms with Crippen molar-refractivity contribution < 1.29 is 0 Å². The normalized spacial score (nSPS) is 11.5. The molecular weight excluding hydrogens is 319 g/mol. The fraction of sp³-hybridized carbons (Fsp3) is 0.250. The number of hydrogen-bond donors (Lipinski definition) is 0. The number of benzene rings is 2. The molecule has 1 heteroatoms. The van der Waals surface area contributed by atoms with Gasteiger partial charge in [-0.05, 0) is 31.9 Å². The van der Waals surface area contributed by atoms with Crippen LogP contribution in [0, 0.1) is 13.8 Å². The van der Waals surface area contributed by atoms with Crippen molar-refractivity contribution in [3.63, 3.8) is 0 Å². The van der Waals surface area contributed by atoms with Crippen molar-refractivity contribution >= 4 is 22.6 Å². The molecule has 0 heterocycles. The fourth-order valence-electron chi connectivity index (χ4n) is 1.90. The van der Waals surface area contributed by atoms with Gasteiger partial charge < -0.3 is 0 Å². The van der Waals surface area contributed by atoms with Crippen LogP contribution in [0.15, 0.2) is 48.5 Å². The summed E-state index contributed by atoms with van der Waals surface area (Å²) in [4.78, 5) is 0. The first-order chi connectivity index (χ1) is 8.00. The molecule has 2 rings (SSSR count). The standard InChI is InChI=1S/C16H17I/c1-12-4-8-14(9-5-12)16(3,17)15-10-6-13(2)7-11-15/h4-11H,1-3H3. The van der Waals surface area contributed by atoms with Gasteiger partial charge in [-0.15, -0.1) is 0 Å². The zero-order chi connectivity index (χ0) is 12.5. The molecule has 0 spiro atoms. The Morgan fingerprint density at radius 3 is 1.29 bits per heavy atom. The topological polar surface area (TPSA) is 0 Å². The Labute approximate surface area is 117 Å². The number of alkyl halides is 1. The molecule has 0 aliphatic heterocycles. The summed E-state index contributed by atoms with van der Waals surface area (Å²) in [7, 11) is 0. The lowest BCUT2D eigenvalue weighted by molar-refractivity contribution is 0.882. The van der Waals surface area contributed by atoms with Crippen LogP contribution in [-0.4, -0.2) is 0 Å². The third-order valence-electron chi connectivity index (χ3n) is 3.19. The fourth-order valence-corrected chi connectivity index (χ4v) is 2.62. The van der Waals surface area contributed by atoms with Crippen LogP contribution in [0.2, 0.25) is 0 Å². The van der Waals surface area contributed by atoms with E-state index in [1.165, 1.54) is 22.3 Å². The first-order valence-electron chi connectivity index (χ1n) is 5.83. The van der Waals surface area contributed by atoms with E-state index >= 15 is 0 Å². The Hall–Kier alpha value is -0.830. The highest BCUT2D eigenvalue weighted by atomic mass is 127. The van der Waals surface area contributed by atoms with E-state index in [9.17, 15) is 0 Å². The van der Waals surface area contributed by atoms with Crippen molar-refractivity contribution in [3.8, 4) is 0 Å². The molecular formula is C16H17I. The Bertz CT molecular complexity index is 445. The van der Waals surface area contributed by atoms with Crippen molar-refractivity contribution in [1.82, 2.24) is 0 Å². The molecule has 0 aromatic heterocycles. The molecule has 0 nitrogen and oxygen atoms in total. The van der Waals surface area contributed by atoms with Crippen molar-refractivity contribution in [2.75, 3.05) is 0 Å². The van der Waals surface area contributed by atoms with Gasteiger partial charge in [-0.3, -0.25) is 0 Å². The van der Waals surface area contributed by atoms with Crippen molar-refractivity contribution in [3.05, 3.63) is 70.8 Å². The summed E-state index contributed by atoms with van der Waals surface area (Å²) in [5.74, 6) is 0. The summed E-state index contributed by atoms with van der Waals surface area (Å²) < 4.78 is 0.0408. The van der Waals surface area contributed by atoms with Gasteiger partial charge in [-0.25, -0.2) is 0 Å². The monoisotopic (exact) mass is 336 g/mol. The Morgan fingerprint density at radius 2 is 1.00 bits per heavy atom. The first-order valence-corrected chi connectivity index (χ1v) is 6.91. The highest BCUT2D eigenvalue weighted by molar-refractivity contribution is 14.1. The van der Waals surface area contributed by atoms with Crippen LogP contribution in [0.5, 0.6) is 0 Å². The molecule has 0 saturated carbocycles. The maximum absolute atomic E-state index is 2.53. The summed E-state index contributed by atoms with van der Waals surface area (Å²) in [5.41, 5.74) is 5.33. The maximum Gasteiger partial charge on any atom is 0.0690 e. The largest absolute Gasteiger partial charge is 0.0690 e. The lowest BCUT2D eigenvalue weighted by Crippen LogP contribution is -2.14. The molecule has 0 N–H and O–H groups in total. The van der Waals surface area contributed by atoms with Crippen LogP contribution < -0.4 is 0 Å². The molecule has 0 aliphatic rings. The Kier molecular flexibility index (Phi) is 3.57. The van der Waals surface area contributed by atoms with E-state index < -0.39 is 0 Å². The van der Waals surface area contributed by atoms with E-state index in [1.807, 2.05) is 0 Å². The van der Waals surface area contributed by atoms with Crippen LogP contribution in [0.4, 0.5) is 0 Å². The minimum absolute atomic E-state index is 0.0408. The van der Waals surface area contributed by atoms with E-state index in [0.717, 1.165) is 0 Å². The Balaban J connectivity index is 2.41. The zero-order valence-corrected chi connectivity index (χ0v) is 12.7. The quantitative estimate of drug-likeness (QED) is 0.535. The average Bonchev–Trinajstić information content (AvgIpc) is 2.30. The van der Waals surface area contributed by atoms with Gasteiger partial charge in [0.15, 0.2) is 0 Å². The average molecular weight is 336 g/mol. The van der Waals surface area contributed by atoms with Crippen molar-refractivity contribution in [1.29, 1.82) is 0 Å². The van der Waals surface area contributed by atoms with Gasteiger partial charge in [0.05, 0.1) is 3.42 Å². The van der Waals surface area contributed by atoms with Gasteiger partial charge in [-0.2, -0.15) is 0 Å². The minimum atomic E-state index is 0.0408. The predicted octanol–water partition coefficient (Wildman–Crippen LogP) is 5.00. The van der Waals surface area contributed by atoms with Gasteiger partial charge in [0.1, 0.15) is 0 Å². The molecule has 2 aromatic rings. The predicted molar refractivity (Wildman–Crippen MR) is 82.8 cm³/mol. The molecule has 17 heavy (non-hydrogen) atoms. The Morgan fingerprint density at radius 1 is 0.706 bits per heavy atom. The molecule has 2 aromatic carbocycles. The number of hydrogen-bond acceptors (Lipinski definition) is 0. The minimum Gasteiger partial charge on any atom is -0.0687 e. The van der Waals surface area contributed by atoms with Crippen LogP contribution >= 0.6 is 22.6 Å². The molecule has 0 saturated heterocycles. The van der Waals surface area contributed by atoms with Gasteiger partial charge in [0, 0.05) is 0 Å². The lowest BCUT2D eigenvalue weighted by Gasteiger charge is -2.24. The molecule has 0 fully saturated rings. The second kappa shape index (κ2) is 4.81. The zero-order valence-electron chi connectivity index (χ0n) is 10.5. The second-order valence-electron chi connectivity index (χ2n) is 4.74. The molecule has 0 radical (unpaired) electrons. The lowest BCUT2D eigenvalue weighted by atomic mass is 9.92. The van der Waals surface area contributed by atoms with Crippen molar-refractivity contribution in [2.24, 2.45) is 0 Å².